The van der Waals surface area contributed by atoms with Crippen LogP contribution in [0.1, 0.15) is 59.6 Å². The topological polar surface area (TPSA) is 0 Å². The molecule has 0 fully saturated rings. The van der Waals surface area contributed by atoms with Gasteiger partial charge in [0.25, 0.3) is 0 Å². The maximum Gasteiger partial charge on any atom is 0.0162 e. The normalized spacial score (nSPS) is 14.6. The SMILES string of the molecule is C=C(S/C=C(\C)Cc1cc(C)c(I)cc1C)c1ccc2c(c1)C(=C)CCCC2. The van der Waals surface area contributed by atoms with E-state index in [-0.39, 0.29) is 0 Å². The first kappa shape index (κ1) is 21.4. The Hall–Kier alpha value is -1.26. The molecule has 28 heavy (non-hydrogen) atoms. The van der Waals surface area contributed by atoms with Crippen molar-refractivity contribution in [2.75, 3.05) is 0 Å². The van der Waals surface area contributed by atoms with Gasteiger partial charge in [-0.1, -0.05) is 48.7 Å². The number of thioether (sulfide) groups is 1. The second-order valence-corrected chi connectivity index (χ2v) is 10.0. The lowest BCUT2D eigenvalue weighted by atomic mass is 9.97. The van der Waals surface area contributed by atoms with Gasteiger partial charge >= 0.3 is 0 Å². The van der Waals surface area contributed by atoms with Crippen LogP contribution in [0.15, 0.2) is 54.5 Å². The Kier molecular flexibility index (Phi) is 7.27. The molecule has 146 valence electrons. The van der Waals surface area contributed by atoms with Crippen LogP contribution >= 0.6 is 34.4 Å². The highest BCUT2D eigenvalue weighted by molar-refractivity contribution is 14.1. The van der Waals surface area contributed by atoms with Crippen molar-refractivity contribution in [3.8, 4) is 0 Å². The molecule has 0 N–H and O–H groups in total. The van der Waals surface area contributed by atoms with Crippen molar-refractivity contribution in [3.05, 3.63) is 91.4 Å². The van der Waals surface area contributed by atoms with Crippen molar-refractivity contribution in [3.63, 3.8) is 0 Å². The summed E-state index contributed by atoms with van der Waals surface area (Å²) in [5.74, 6) is 0. The molecule has 2 aromatic rings. The number of fused-ring (bicyclic) bond motifs is 1. The molecule has 1 aliphatic rings. The predicted octanol–water partition coefficient (Wildman–Crippen LogP) is 8.50. The smallest absolute Gasteiger partial charge is 0.0162 e. The Morgan fingerprint density at radius 1 is 1.11 bits per heavy atom. The number of halogens is 1. The van der Waals surface area contributed by atoms with E-state index in [1.165, 1.54) is 67.4 Å². The quantitative estimate of drug-likeness (QED) is 0.293. The average molecular weight is 500 g/mol. The van der Waals surface area contributed by atoms with Crippen LogP contribution in [0.25, 0.3) is 10.5 Å². The molecule has 0 atom stereocenters. The molecule has 0 radical (unpaired) electrons. The lowest BCUT2D eigenvalue weighted by Crippen LogP contribution is -1.94. The van der Waals surface area contributed by atoms with Crippen molar-refractivity contribution in [1.29, 1.82) is 0 Å². The Morgan fingerprint density at radius 3 is 2.64 bits per heavy atom. The maximum atomic E-state index is 4.33. The summed E-state index contributed by atoms with van der Waals surface area (Å²) in [6, 6.07) is 11.4. The number of hydrogen-bond acceptors (Lipinski definition) is 1. The molecular formula is C26H29IS. The molecule has 3 rings (SSSR count). The van der Waals surface area contributed by atoms with Gasteiger partial charge in [0.15, 0.2) is 0 Å². The van der Waals surface area contributed by atoms with Gasteiger partial charge in [-0.3, -0.25) is 0 Å². The lowest BCUT2D eigenvalue weighted by Gasteiger charge is -2.12. The predicted molar refractivity (Wildman–Crippen MR) is 136 cm³/mol. The summed E-state index contributed by atoms with van der Waals surface area (Å²) in [5, 5.41) is 2.26. The number of hydrogen-bond donors (Lipinski definition) is 0. The molecule has 0 aliphatic heterocycles. The fourth-order valence-electron chi connectivity index (χ4n) is 3.70. The minimum Gasteiger partial charge on any atom is -0.0981 e. The van der Waals surface area contributed by atoms with Gasteiger partial charge in [0.1, 0.15) is 0 Å². The van der Waals surface area contributed by atoms with Crippen LogP contribution in [-0.2, 0) is 12.8 Å². The molecule has 0 bridgehead atoms. The van der Waals surface area contributed by atoms with Crippen LogP contribution in [0, 0.1) is 17.4 Å². The van der Waals surface area contributed by atoms with E-state index >= 15 is 0 Å². The highest BCUT2D eigenvalue weighted by atomic mass is 127. The highest BCUT2D eigenvalue weighted by Gasteiger charge is 2.12. The monoisotopic (exact) mass is 500 g/mol. The van der Waals surface area contributed by atoms with E-state index in [1.54, 1.807) is 11.8 Å². The number of allylic oxidation sites excluding steroid dienone is 2. The number of rotatable bonds is 5. The van der Waals surface area contributed by atoms with Gasteiger partial charge in [0.05, 0.1) is 0 Å². The molecule has 0 heterocycles. The summed E-state index contributed by atoms with van der Waals surface area (Å²) in [5.41, 5.74) is 10.8. The first-order valence-corrected chi connectivity index (χ1v) is 11.9. The lowest BCUT2D eigenvalue weighted by molar-refractivity contribution is 0.771. The van der Waals surface area contributed by atoms with Crippen LogP contribution in [0.3, 0.4) is 0 Å². The van der Waals surface area contributed by atoms with E-state index < -0.39 is 0 Å². The Balaban J connectivity index is 1.71. The molecule has 2 heteroatoms. The fraction of sp³-hybridized carbons (Fsp3) is 0.308. The minimum atomic E-state index is 0.991. The minimum absolute atomic E-state index is 0.991. The van der Waals surface area contributed by atoms with Crippen LogP contribution in [-0.4, -0.2) is 0 Å². The Morgan fingerprint density at radius 2 is 1.86 bits per heavy atom. The summed E-state index contributed by atoms with van der Waals surface area (Å²) in [7, 11) is 0. The van der Waals surface area contributed by atoms with Gasteiger partial charge in [-0.2, -0.15) is 0 Å². The largest absolute Gasteiger partial charge is 0.0981 e. The van der Waals surface area contributed by atoms with Gasteiger partial charge in [-0.15, -0.1) is 0 Å². The first-order chi connectivity index (χ1) is 13.3. The first-order valence-electron chi connectivity index (χ1n) is 9.93. The summed E-state index contributed by atoms with van der Waals surface area (Å²) in [6.07, 6.45) is 5.79. The molecule has 0 spiro atoms. The van der Waals surface area contributed by atoms with E-state index in [0.29, 0.717) is 0 Å². The van der Waals surface area contributed by atoms with Gasteiger partial charge in [0.2, 0.25) is 0 Å². The molecule has 0 amide bonds. The molecule has 0 nitrogen and oxygen atoms in total. The van der Waals surface area contributed by atoms with Crippen LogP contribution in [0.4, 0.5) is 0 Å². The molecule has 0 unspecified atom stereocenters. The zero-order chi connectivity index (χ0) is 20.3. The highest BCUT2D eigenvalue weighted by Crippen LogP contribution is 2.34. The molecule has 1 aliphatic carbocycles. The van der Waals surface area contributed by atoms with E-state index in [4.69, 9.17) is 0 Å². The summed E-state index contributed by atoms with van der Waals surface area (Å²) >= 11 is 4.15. The van der Waals surface area contributed by atoms with E-state index in [2.05, 4.69) is 92.3 Å². The maximum absolute atomic E-state index is 4.33. The molecular weight excluding hydrogens is 471 g/mol. The van der Waals surface area contributed by atoms with Gasteiger partial charge in [0, 0.05) is 8.48 Å². The Labute approximate surface area is 188 Å². The molecule has 0 aromatic heterocycles. The van der Waals surface area contributed by atoms with Crippen molar-refractivity contribution >= 4 is 44.8 Å². The van der Waals surface area contributed by atoms with E-state index in [9.17, 15) is 0 Å². The van der Waals surface area contributed by atoms with Crippen LogP contribution < -0.4 is 0 Å². The summed E-state index contributed by atoms with van der Waals surface area (Å²) in [4.78, 5) is 1.11. The van der Waals surface area contributed by atoms with Crippen LogP contribution in [0.2, 0.25) is 0 Å². The molecule has 0 saturated heterocycles. The summed E-state index contributed by atoms with van der Waals surface area (Å²) < 4.78 is 1.34. The van der Waals surface area contributed by atoms with Crippen molar-refractivity contribution in [2.24, 2.45) is 0 Å². The fourth-order valence-corrected chi connectivity index (χ4v) is 5.01. The van der Waals surface area contributed by atoms with E-state index in [1.807, 2.05) is 0 Å². The van der Waals surface area contributed by atoms with Crippen molar-refractivity contribution < 1.29 is 0 Å². The van der Waals surface area contributed by atoms with Crippen LogP contribution in [0.5, 0.6) is 0 Å². The van der Waals surface area contributed by atoms with Gasteiger partial charge in [-0.05, 0) is 132 Å². The second kappa shape index (κ2) is 9.49. The third kappa shape index (κ3) is 5.21. The molecule has 0 saturated carbocycles. The Bertz CT molecular complexity index is 949. The zero-order valence-electron chi connectivity index (χ0n) is 17.2. The second-order valence-electron chi connectivity index (χ2n) is 7.89. The standard InChI is InChI=1S/C26H29IS/c1-17(12-24-13-20(4)26(27)14-19(24)3)16-28-21(5)23-11-10-22-9-7-6-8-18(2)25(22)15-23/h10-11,13-16H,2,5-9,12H2,1,3-4H3/b17-16+. The summed E-state index contributed by atoms with van der Waals surface area (Å²) in [6.45, 7) is 15.3. The van der Waals surface area contributed by atoms with E-state index in [0.717, 1.165) is 17.7 Å². The number of aryl methyl sites for hydroxylation is 3. The molecule has 2 aromatic carbocycles. The number of benzene rings is 2. The van der Waals surface area contributed by atoms with Crippen molar-refractivity contribution in [2.45, 2.75) is 52.9 Å². The van der Waals surface area contributed by atoms with Crippen molar-refractivity contribution in [1.82, 2.24) is 0 Å². The van der Waals surface area contributed by atoms with Gasteiger partial charge < -0.3 is 0 Å². The third-order valence-corrected chi connectivity index (χ3v) is 7.68. The van der Waals surface area contributed by atoms with Gasteiger partial charge in [-0.25, -0.2) is 0 Å². The average Bonchev–Trinajstić information content (AvgIpc) is 2.85. The third-order valence-electron chi connectivity index (χ3n) is 5.48. The zero-order valence-corrected chi connectivity index (χ0v) is 20.2.